The molecule has 0 atom stereocenters. The van der Waals surface area contributed by atoms with Crippen molar-refractivity contribution >= 4 is 72.7 Å². The van der Waals surface area contributed by atoms with Crippen molar-refractivity contribution in [1.29, 1.82) is 0 Å². The molecule has 0 unspecified atom stereocenters. The summed E-state index contributed by atoms with van der Waals surface area (Å²) in [4.78, 5) is 7.60. The number of benzene rings is 10. The Hall–Kier alpha value is -7.88. The lowest BCUT2D eigenvalue weighted by Gasteiger charge is -2.34. The normalized spacial score (nSPS) is 12.6. The first-order valence-electron chi connectivity index (χ1n) is 26.4. The van der Waals surface area contributed by atoms with Crippen molar-refractivity contribution in [1.82, 2.24) is 0 Å². The smallest absolute Gasteiger partial charge is 0.0620 e. The zero-order chi connectivity index (χ0) is 52.1. The molecule has 0 heterocycles. The third kappa shape index (κ3) is 8.62. The number of aryl methyl sites for hydroxylation is 12. The summed E-state index contributed by atoms with van der Waals surface area (Å²) in [6.07, 6.45) is 0. The second-order valence-corrected chi connectivity index (χ2v) is 22.6. The average molecular weight is 964 g/mol. The maximum Gasteiger partial charge on any atom is 0.0620 e. The van der Waals surface area contributed by atoms with E-state index in [0.717, 1.165) is 28.4 Å². The van der Waals surface area contributed by atoms with E-state index in [-0.39, 0.29) is 5.41 Å². The first kappa shape index (κ1) is 48.4. The van der Waals surface area contributed by atoms with Gasteiger partial charge in [-0.25, -0.2) is 0 Å². The second-order valence-electron chi connectivity index (χ2n) is 22.6. The van der Waals surface area contributed by atoms with Gasteiger partial charge in [0.2, 0.25) is 0 Å². The minimum atomic E-state index is -0.347. The molecule has 0 spiro atoms. The van der Waals surface area contributed by atoms with E-state index in [1.54, 1.807) is 0 Å². The molecule has 0 saturated heterocycles. The number of nitrogens with zero attached hydrogens (tertiary/aromatic N) is 3. The molecule has 0 aliphatic heterocycles. The van der Waals surface area contributed by atoms with Crippen LogP contribution in [0.2, 0.25) is 0 Å². The number of rotatable bonds is 9. The van der Waals surface area contributed by atoms with E-state index < -0.39 is 0 Å². The van der Waals surface area contributed by atoms with Crippen LogP contribution in [0.25, 0.3) is 32.7 Å². The molecule has 74 heavy (non-hydrogen) atoms. The Labute approximate surface area is 440 Å². The third-order valence-electron chi connectivity index (χ3n) is 15.2. The Bertz CT molecular complexity index is 3650. The van der Waals surface area contributed by atoms with Crippen LogP contribution in [-0.4, -0.2) is 0 Å². The Morgan fingerprint density at radius 2 is 0.527 bits per heavy atom. The summed E-state index contributed by atoms with van der Waals surface area (Å²) in [5.41, 5.74) is 30.2. The highest BCUT2D eigenvalue weighted by atomic mass is 15.2. The van der Waals surface area contributed by atoms with Crippen molar-refractivity contribution in [3.05, 3.63) is 242 Å². The van der Waals surface area contributed by atoms with Crippen molar-refractivity contribution in [2.24, 2.45) is 0 Å². The maximum absolute atomic E-state index is 2.58. The molecule has 0 fully saturated rings. The van der Waals surface area contributed by atoms with Gasteiger partial charge in [0.25, 0.3) is 0 Å². The molecule has 0 bridgehead atoms. The summed E-state index contributed by atoms with van der Waals surface area (Å²) in [6, 6.07) is 63.5. The van der Waals surface area contributed by atoms with Crippen LogP contribution in [0.1, 0.15) is 91.7 Å². The molecule has 11 rings (SSSR count). The molecule has 10 aromatic rings. The zero-order valence-corrected chi connectivity index (χ0v) is 45.9. The quantitative estimate of drug-likeness (QED) is 0.105. The van der Waals surface area contributed by atoms with E-state index in [1.165, 1.54) is 133 Å². The fraction of sp³-hybridized carbons (Fsp3) is 0.211. The number of fused-ring (bicyclic) bond motifs is 5. The molecular formula is C71H69N3. The van der Waals surface area contributed by atoms with E-state index >= 15 is 0 Å². The molecule has 0 radical (unpaired) electrons. The summed E-state index contributed by atoms with van der Waals surface area (Å²) >= 11 is 0. The van der Waals surface area contributed by atoms with E-state index in [9.17, 15) is 0 Å². The minimum Gasteiger partial charge on any atom is -0.310 e. The Balaban J connectivity index is 1.28. The van der Waals surface area contributed by atoms with Crippen LogP contribution in [0, 0.1) is 83.1 Å². The fourth-order valence-corrected chi connectivity index (χ4v) is 12.7. The molecule has 0 saturated carbocycles. The van der Waals surface area contributed by atoms with Crippen molar-refractivity contribution in [3.8, 4) is 11.1 Å². The van der Waals surface area contributed by atoms with E-state index in [4.69, 9.17) is 0 Å². The summed E-state index contributed by atoms with van der Waals surface area (Å²) in [7, 11) is 0. The summed E-state index contributed by atoms with van der Waals surface area (Å²) in [5.74, 6) is 0. The fourth-order valence-electron chi connectivity index (χ4n) is 12.7. The predicted octanol–water partition coefficient (Wildman–Crippen LogP) is 20.4. The van der Waals surface area contributed by atoms with Crippen molar-refractivity contribution in [2.75, 3.05) is 14.7 Å². The van der Waals surface area contributed by atoms with Crippen LogP contribution >= 0.6 is 0 Å². The Morgan fingerprint density at radius 1 is 0.243 bits per heavy atom. The molecule has 10 aromatic carbocycles. The zero-order valence-electron chi connectivity index (χ0n) is 45.9. The van der Waals surface area contributed by atoms with Crippen molar-refractivity contribution in [2.45, 2.75) is 102 Å². The van der Waals surface area contributed by atoms with Gasteiger partial charge in [-0.15, -0.1) is 0 Å². The number of hydrogen-bond acceptors (Lipinski definition) is 3. The first-order chi connectivity index (χ1) is 35.3. The summed E-state index contributed by atoms with van der Waals surface area (Å²) in [5, 5.41) is 4.80. The highest BCUT2D eigenvalue weighted by molar-refractivity contribution is 6.24. The first-order valence-corrected chi connectivity index (χ1v) is 26.4. The van der Waals surface area contributed by atoms with E-state index in [2.05, 4.69) is 275 Å². The lowest BCUT2D eigenvalue weighted by Crippen LogP contribution is -2.18. The molecule has 0 aromatic heterocycles. The van der Waals surface area contributed by atoms with Crippen molar-refractivity contribution in [3.63, 3.8) is 0 Å². The molecule has 368 valence electrons. The molecule has 3 nitrogen and oxygen atoms in total. The molecule has 3 heteroatoms. The number of hydrogen-bond donors (Lipinski definition) is 0. The monoisotopic (exact) mass is 964 g/mol. The van der Waals surface area contributed by atoms with Gasteiger partial charge in [0, 0.05) is 66.8 Å². The number of anilines is 9. The van der Waals surface area contributed by atoms with Crippen LogP contribution in [0.4, 0.5) is 51.2 Å². The Kier molecular flexibility index (Phi) is 11.9. The van der Waals surface area contributed by atoms with Gasteiger partial charge in [-0.2, -0.15) is 0 Å². The van der Waals surface area contributed by atoms with Gasteiger partial charge in [0.1, 0.15) is 0 Å². The highest BCUT2D eigenvalue weighted by Gasteiger charge is 2.38. The lowest BCUT2D eigenvalue weighted by molar-refractivity contribution is 0.661. The molecular weight excluding hydrogens is 895 g/mol. The van der Waals surface area contributed by atoms with Gasteiger partial charge in [0.15, 0.2) is 0 Å². The van der Waals surface area contributed by atoms with Gasteiger partial charge < -0.3 is 14.7 Å². The molecule has 0 amide bonds. The van der Waals surface area contributed by atoms with Gasteiger partial charge in [-0.1, -0.05) is 80.6 Å². The van der Waals surface area contributed by atoms with Crippen LogP contribution in [0.15, 0.2) is 164 Å². The summed E-state index contributed by atoms with van der Waals surface area (Å²) in [6.45, 7) is 31.5. The van der Waals surface area contributed by atoms with Gasteiger partial charge >= 0.3 is 0 Å². The Morgan fingerprint density at radius 3 is 0.851 bits per heavy atom. The summed E-state index contributed by atoms with van der Waals surface area (Å²) < 4.78 is 0. The molecule has 1 aliphatic rings. The molecule has 1 aliphatic carbocycles. The topological polar surface area (TPSA) is 9.72 Å². The van der Waals surface area contributed by atoms with Gasteiger partial charge in [-0.3, -0.25) is 0 Å². The van der Waals surface area contributed by atoms with Crippen LogP contribution in [0.3, 0.4) is 0 Å². The van der Waals surface area contributed by atoms with Crippen LogP contribution in [-0.2, 0) is 5.41 Å². The third-order valence-corrected chi connectivity index (χ3v) is 15.2. The highest BCUT2D eigenvalue weighted by Crippen LogP contribution is 2.57. The SMILES string of the molecule is Cc1cc(C)cc(N(c2cc(C)cc(C)c2)c2ccc3c(c2)C(C)(C)c2cc4c(N(c5cc(C)cc(C)c5)c5cc(C)cc(C)c5)c5ccccc5c(N(c5cc(C)cc(C)c5)c5cc(C)cc(C)c5)c4cc2-3)c1. The lowest BCUT2D eigenvalue weighted by atomic mass is 9.81. The van der Waals surface area contributed by atoms with Gasteiger partial charge in [-0.05, 0) is 269 Å². The van der Waals surface area contributed by atoms with Crippen LogP contribution < -0.4 is 14.7 Å². The maximum atomic E-state index is 2.58. The second kappa shape index (κ2) is 18.3. The average Bonchev–Trinajstić information content (AvgIpc) is 3.51. The van der Waals surface area contributed by atoms with E-state index in [0.29, 0.717) is 0 Å². The van der Waals surface area contributed by atoms with Gasteiger partial charge in [0.05, 0.1) is 11.4 Å². The largest absolute Gasteiger partial charge is 0.310 e. The van der Waals surface area contributed by atoms with E-state index in [1.807, 2.05) is 0 Å². The predicted molar refractivity (Wildman–Crippen MR) is 320 cm³/mol. The standard InChI is InChI=1S/C71H69N3/c1-42-21-43(2)28-55(27-42)72(56-29-44(3)22-45(4)30-56)54-19-20-61-64-40-65-66(41-68(64)71(13,14)67(61)39-54)70(74(59-35-50(9)25-51(10)36-59)60-37-52(11)26-53(12)38-60)63-18-16-15-17-62(63)69(65)73(57-31-46(5)23-47(6)32-57)58-33-48(7)24-49(8)34-58/h15-41H,1-14H3. The molecule has 0 N–H and O–H groups in total. The van der Waals surface area contributed by atoms with Crippen molar-refractivity contribution < 1.29 is 0 Å². The van der Waals surface area contributed by atoms with Crippen LogP contribution in [0.5, 0.6) is 0 Å². The minimum absolute atomic E-state index is 0.347.